The lowest BCUT2D eigenvalue weighted by Crippen LogP contribution is -2.31. The molecule has 0 spiro atoms. The van der Waals surface area contributed by atoms with Crippen LogP contribution in [0, 0.1) is 11.8 Å². The van der Waals surface area contributed by atoms with E-state index in [4.69, 9.17) is 5.73 Å². The molecule has 0 aromatic carbocycles. The number of ketones is 1. The number of hydrogen-bond donors (Lipinski definition) is 1. The van der Waals surface area contributed by atoms with E-state index in [2.05, 4.69) is 0 Å². The second kappa shape index (κ2) is 2.70. The Morgan fingerprint density at radius 2 is 2.00 bits per heavy atom. The molecule has 0 amide bonds. The first kappa shape index (κ1) is 7.73. The van der Waals surface area contributed by atoms with Gasteiger partial charge in [-0.3, -0.25) is 4.79 Å². The average molecular weight is 141 g/mol. The summed E-state index contributed by atoms with van der Waals surface area (Å²) in [6, 6.07) is 0.0214. The van der Waals surface area contributed by atoms with Crippen LogP contribution in [0.4, 0.5) is 0 Å². The monoisotopic (exact) mass is 141 g/mol. The molecule has 1 rings (SSSR count). The number of nitrogens with two attached hydrogens (primary N) is 1. The topological polar surface area (TPSA) is 43.1 Å². The summed E-state index contributed by atoms with van der Waals surface area (Å²) in [4.78, 5) is 11.3. The summed E-state index contributed by atoms with van der Waals surface area (Å²) >= 11 is 0. The van der Waals surface area contributed by atoms with E-state index in [0.29, 0.717) is 11.7 Å². The maximum absolute atomic E-state index is 11.3. The molecule has 0 aliphatic heterocycles. The smallest absolute Gasteiger partial charge is 0.140 e. The zero-order valence-corrected chi connectivity index (χ0v) is 6.63. The molecule has 2 nitrogen and oxygen atoms in total. The number of hydrogen-bond acceptors (Lipinski definition) is 2. The Kier molecular flexibility index (Phi) is 2.09. The fraction of sp³-hybridized carbons (Fsp3) is 0.875. The minimum absolute atomic E-state index is 0.0214. The van der Waals surface area contributed by atoms with Gasteiger partial charge in [0.2, 0.25) is 0 Å². The highest BCUT2D eigenvalue weighted by molar-refractivity contribution is 5.85. The lowest BCUT2D eigenvalue weighted by Gasteiger charge is -2.12. The predicted octanol–water partition coefficient (Wildman–Crippen LogP) is 0.949. The SMILES string of the molecule is CC(N)C(C)C(=O)C1CC1. The summed E-state index contributed by atoms with van der Waals surface area (Å²) in [5, 5.41) is 0. The molecule has 0 saturated heterocycles. The van der Waals surface area contributed by atoms with Crippen molar-refractivity contribution in [3.05, 3.63) is 0 Å². The van der Waals surface area contributed by atoms with Gasteiger partial charge in [0.15, 0.2) is 0 Å². The van der Waals surface area contributed by atoms with E-state index < -0.39 is 0 Å². The maximum atomic E-state index is 11.3. The molecule has 2 atom stereocenters. The van der Waals surface area contributed by atoms with Gasteiger partial charge in [0.1, 0.15) is 5.78 Å². The van der Waals surface area contributed by atoms with Crippen molar-refractivity contribution >= 4 is 5.78 Å². The Morgan fingerprint density at radius 3 is 2.30 bits per heavy atom. The molecule has 1 aliphatic carbocycles. The van der Waals surface area contributed by atoms with Crippen LogP contribution in [-0.2, 0) is 4.79 Å². The first-order valence-corrected chi connectivity index (χ1v) is 3.92. The van der Waals surface area contributed by atoms with Crippen LogP contribution in [0.25, 0.3) is 0 Å². The molecular weight excluding hydrogens is 126 g/mol. The van der Waals surface area contributed by atoms with Gasteiger partial charge in [0, 0.05) is 17.9 Å². The van der Waals surface area contributed by atoms with Crippen LogP contribution >= 0.6 is 0 Å². The standard InChI is InChI=1S/C8H15NO/c1-5(6(2)9)8(10)7-3-4-7/h5-7H,3-4,9H2,1-2H3. The molecule has 0 bridgehead atoms. The summed E-state index contributed by atoms with van der Waals surface area (Å²) in [7, 11) is 0. The average Bonchev–Trinajstić information content (AvgIpc) is 2.65. The Bertz CT molecular complexity index is 138. The van der Waals surface area contributed by atoms with Gasteiger partial charge in [-0.1, -0.05) is 6.92 Å². The molecule has 10 heavy (non-hydrogen) atoms. The Hall–Kier alpha value is -0.370. The molecule has 58 valence electrons. The van der Waals surface area contributed by atoms with Gasteiger partial charge < -0.3 is 5.73 Å². The lowest BCUT2D eigenvalue weighted by atomic mass is 9.96. The molecule has 0 aromatic heterocycles. The second-order valence-electron chi connectivity index (χ2n) is 3.32. The highest BCUT2D eigenvalue weighted by Crippen LogP contribution is 2.32. The van der Waals surface area contributed by atoms with Gasteiger partial charge in [-0.05, 0) is 19.8 Å². The fourth-order valence-corrected chi connectivity index (χ4v) is 0.999. The number of rotatable bonds is 3. The first-order valence-electron chi connectivity index (χ1n) is 3.92. The summed E-state index contributed by atoms with van der Waals surface area (Å²) < 4.78 is 0. The van der Waals surface area contributed by atoms with Gasteiger partial charge in [-0.2, -0.15) is 0 Å². The van der Waals surface area contributed by atoms with Gasteiger partial charge in [-0.25, -0.2) is 0 Å². The van der Waals surface area contributed by atoms with Gasteiger partial charge >= 0.3 is 0 Å². The third-order valence-corrected chi connectivity index (χ3v) is 2.22. The minimum atomic E-state index is 0.0214. The van der Waals surface area contributed by atoms with E-state index in [9.17, 15) is 4.79 Å². The number of carbonyl (C=O) groups is 1. The van der Waals surface area contributed by atoms with Crippen LogP contribution in [0.2, 0.25) is 0 Å². The van der Waals surface area contributed by atoms with Crippen molar-refractivity contribution in [3.63, 3.8) is 0 Å². The second-order valence-corrected chi connectivity index (χ2v) is 3.32. The quantitative estimate of drug-likeness (QED) is 0.636. The minimum Gasteiger partial charge on any atom is -0.327 e. The number of Topliss-reactive ketones (excluding diaryl/α,β-unsaturated/α-hetero) is 1. The summed E-state index contributed by atoms with van der Waals surface area (Å²) in [5.41, 5.74) is 5.58. The van der Waals surface area contributed by atoms with Crippen LogP contribution in [0.5, 0.6) is 0 Å². The zero-order valence-electron chi connectivity index (χ0n) is 6.63. The van der Waals surface area contributed by atoms with E-state index in [-0.39, 0.29) is 12.0 Å². The van der Waals surface area contributed by atoms with E-state index >= 15 is 0 Å². The highest BCUT2D eigenvalue weighted by Gasteiger charge is 2.33. The van der Waals surface area contributed by atoms with E-state index in [1.54, 1.807) is 0 Å². The van der Waals surface area contributed by atoms with Crippen molar-refractivity contribution in [1.29, 1.82) is 0 Å². The van der Waals surface area contributed by atoms with Crippen molar-refractivity contribution in [1.82, 2.24) is 0 Å². The Morgan fingerprint density at radius 1 is 1.50 bits per heavy atom. The maximum Gasteiger partial charge on any atom is 0.140 e. The summed E-state index contributed by atoms with van der Waals surface area (Å²) in [5.74, 6) is 0.795. The van der Waals surface area contributed by atoms with Crippen molar-refractivity contribution in [2.45, 2.75) is 32.7 Å². The molecule has 1 fully saturated rings. The van der Waals surface area contributed by atoms with Crippen LogP contribution in [0.15, 0.2) is 0 Å². The molecule has 2 N–H and O–H groups in total. The van der Waals surface area contributed by atoms with E-state index in [1.165, 1.54) is 0 Å². The third-order valence-electron chi connectivity index (χ3n) is 2.22. The number of carbonyl (C=O) groups excluding carboxylic acids is 1. The van der Waals surface area contributed by atoms with Crippen LogP contribution in [0.1, 0.15) is 26.7 Å². The molecular formula is C8H15NO. The highest BCUT2D eigenvalue weighted by atomic mass is 16.1. The predicted molar refractivity (Wildman–Crippen MR) is 40.5 cm³/mol. The van der Waals surface area contributed by atoms with Gasteiger partial charge in [-0.15, -0.1) is 0 Å². The first-order chi connectivity index (χ1) is 4.63. The fourth-order valence-electron chi connectivity index (χ4n) is 0.999. The molecule has 0 radical (unpaired) electrons. The lowest BCUT2D eigenvalue weighted by molar-refractivity contribution is -0.124. The van der Waals surface area contributed by atoms with E-state index in [1.807, 2.05) is 13.8 Å². The third kappa shape index (κ3) is 1.57. The van der Waals surface area contributed by atoms with Crippen molar-refractivity contribution in [2.75, 3.05) is 0 Å². The van der Waals surface area contributed by atoms with Gasteiger partial charge in [0.05, 0.1) is 0 Å². The van der Waals surface area contributed by atoms with Crippen LogP contribution in [0.3, 0.4) is 0 Å². The Balaban J connectivity index is 2.38. The molecule has 1 aliphatic rings. The molecule has 1 saturated carbocycles. The van der Waals surface area contributed by atoms with E-state index in [0.717, 1.165) is 12.8 Å². The molecule has 2 heteroatoms. The van der Waals surface area contributed by atoms with Crippen LogP contribution < -0.4 is 5.73 Å². The zero-order chi connectivity index (χ0) is 7.72. The normalized spacial score (nSPS) is 23.9. The molecule has 0 aromatic rings. The Labute approximate surface area is 61.8 Å². The van der Waals surface area contributed by atoms with Crippen molar-refractivity contribution in [3.8, 4) is 0 Å². The van der Waals surface area contributed by atoms with Crippen molar-refractivity contribution < 1.29 is 4.79 Å². The van der Waals surface area contributed by atoms with Crippen LogP contribution in [-0.4, -0.2) is 11.8 Å². The summed E-state index contributed by atoms with van der Waals surface area (Å²) in [6.45, 7) is 3.82. The van der Waals surface area contributed by atoms with Crippen molar-refractivity contribution in [2.24, 2.45) is 17.6 Å². The molecule has 0 heterocycles. The largest absolute Gasteiger partial charge is 0.327 e. The summed E-state index contributed by atoms with van der Waals surface area (Å²) in [6.07, 6.45) is 2.19. The molecule has 2 unspecified atom stereocenters. The van der Waals surface area contributed by atoms with Gasteiger partial charge in [0.25, 0.3) is 0 Å².